The molecule has 0 aliphatic rings. The summed E-state index contributed by atoms with van der Waals surface area (Å²) in [6, 6.07) is 9.74. The van der Waals surface area contributed by atoms with Crippen molar-refractivity contribution in [1.29, 1.82) is 0 Å². The minimum Gasteiger partial charge on any atom is -0.504 e. The highest BCUT2D eigenvalue weighted by Crippen LogP contribution is 2.26. The molecule has 1 amide bonds. The Balaban J connectivity index is 1.86. The molecule has 0 unspecified atom stereocenters. The second kappa shape index (κ2) is 7.90. The average molecular weight is 352 g/mol. The maximum Gasteiger partial charge on any atom is 0.244 e. The molecule has 3 N–H and O–H groups in total. The second-order valence-electron chi connectivity index (χ2n) is 4.84. The van der Waals surface area contributed by atoms with E-state index in [0.717, 1.165) is 5.56 Å². The number of hydrogen-bond acceptors (Lipinski definition) is 3. The van der Waals surface area contributed by atoms with E-state index in [-0.39, 0.29) is 17.4 Å². The Kier molecular flexibility index (Phi) is 5.90. The summed E-state index contributed by atoms with van der Waals surface area (Å²) in [6.07, 6.45) is 3.51. The number of halogens is 2. The lowest BCUT2D eigenvalue weighted by Gasteiger charge is -2.05. The van der Waals surface area contributed by atoms with Crippen molar-refractivity contribution in [3.8, 4) is 11.5 Å². The highest BCUT2D eigenvalue weighted by atomic mass is 35.5. The lowest BCUT2D eigenvalue weighted by molar-refractivity contribution is -0.116. The maximum atomic E-state index is 11.8. The SMILES string of the molecule is O=C(C=Cc1cccc(Cl)c1Cl)NCCc1ccc(O)c(O)c1. The zero-order chi connectivity index (χ0) is 16.8. The van der Waals surface area contributed by atoms with Gasteiger partial charge in [0.25, 0.3) is 0 Å². The minimum absolute atomic E-state index is 0.167. The van der Waals surface area contributed by atoms with Crippen LogP contribution in [0, 0.1) is 0 Å². The van der Waals surface area contributed by atoms with Crippen molar-refractivity contribution < 1.29 is 15.0 Å². The molecule has 0 aromatic heterocycles. The number of amides is 1. The lowest BCUT2D eigenvalue weighted by Crippen LogP contribution is -2.23. The summed E-state index contributed by atoms with van der Waals surface area (Å²) < 4.78 is 0. The van der Waals surface area contributed by atoms with Gasteiger partial charge in [-0.2, -0.15) is 0 Å². The number of nitrogens with one attached hydrogen (secondary N) is 1. The predicted octanol–water partition coefficient (Wildman–Crippen LogP) is 3.78. The Labute approximate surface area is 144 Å². The summed E-state index contributed by atoms with van der Waals surface area (Å²) in [5.41, 5.74) is 1.47. The Hall–Kier alpha value is -2.17. The van der Waals surface area contributed by atoms with Gasteiger partial charge in [-0.15, -0.1) is 0 Å². The van der Waals surface area contributed by atoms with Crippen molar-refractivity contribution in [2.24, 2.45) is 0 Å². The number of hydrogen-bond donors (Lipinski definition) is 3. The van der Waals surface area contributed by atoms with Crippen LogP contribution in [0.2, 0.25) is 10.0 Å². The fraction of sp³-hybridized carbons (Fsp3) is 0.118. The fourth-order valence-corrected chi connectivity index (χ4v) is 2.30. The third-order valence-corrected chi connectivity index (χ3v) is 3.98. The van der Waals surface area contributed by atoms with E-state index < -0.39 is 0 Å². The summed E-state index contributed by atoms with van der Waals surface area (Å²) in [5.74, 6) is -0.604. The second-order valence-corrected chi connectivity index (χ2v) is 5.63. The molecule has 0 saturated carbocycles. The van der Waals surface area contributed by atoms with Gasteiger partial charge in [0.05, 0.1) is 10.0 Å². The largest absolute Gasteiger partial charge is 0.504 e. The molecule has 0 atom stereocenters. The lowest BCUT2D eigenvalue weighted by atomic mass is 10.1. The van der Waals surface area contributed by atoms with Crippen LogP contribution in [0.15, 0.2) is 42.5 Å². The molecule has 0 aliphatic heterocycles. The van der Waals surface area contributed by atoms with Crippen molar-refractivity contribution in [2.75, 3.05) is 6.54 Å². The zero-order valence-corrected chi connectivity index (χ0v) is 13.6. The van der Waals surface area contributed by atoms with Gasteiger partial charge in [-0.25, -0.2) is 0 Å². The van der Waals surface area contributed by atoms with Gasteiger partial charge in [0.2, 0.25) is 5.91 Å². The highest BCUT2D eigenvalue weighted by molar-refractivity contribution is 6.42. The summed E-state index contributed by atoms with van der Waals surface area (Å²) in [7, 11) is 0. The monoisotopic (exact) mass is 351 g/mol. The number of phenols is 2. The van der Waals surface area contributed by atoms with E-state index in [1.165, 1.54) is 18.2 Å². The van der Waals surface area contributed by atoms with E-state index in [2.05, 4.69) is 5.32 Å². The molecule has 0 spiro atoms. The van der Waals surface area contributed by atoms with Crippen molar-refractivity contribution in [3.63, 3.8) is 0 Å². The molecule has 2 aromatic carbocycles. The van der Waals surface area contributed by atoms with E-state index in [1.807, 2.05) is 0 Å². The number of carbonyl (C=O) groups excluding carboxylic acids is 1. The summed E-state index contributed by atoms with van der Waals surface area (Å²) >= 11 is 11.9. The number of benzene rings is 2. The molecule has 0 aliphatic carbocycles. The van der Waals surface area contributed by atoms with E-state index in [0.29, 0.717) is 28.6 Å². The predicted molar refractivity (Wildman–Crippen MR) is 92.0 cm³/mol. The first-order chi connectivity index (χ1) is 11.0. The molecular weight excluding hydrogens is 337 g/mol. The first-order valence-corrected chi connectivity index (χ1v) is 7.64. The molecule has 120 valence electrons. The number of phenolic OH excluding ortho intramolecular Hbond substituents is 2. The Morgan fingerprint density at radius 1 is 1.13 bits per heavy atom. The summed E-state index contributed by atoms with van der Waals surface area (Å²) in [5, 5.41) is 22.2. The first-order valence-electron chi connectivity index (χ1n) is 6.88. The molecule has 0 bridgehead atoms. The molecule has 23 heavy (non-hydrogen) atoms. The van der Waals surface area contributed by atoms with Gasteiger partial charge >= 0.3 is 0 Å². The summed E-state index contributed by atoms with van der Waals surface area (Å²) in [4.78, 5) is 11.8. The third-order valence-electron chi connectivity index (χ3n) is 3.15. The average Bonchev–Trinajstić information content (AvgIpc) is 2.52. The molecular formula is C17H15Cl2NO3. The van der Waals surface area contributed by atoms with Gasteiger partial charge < -0.3 is 15.5 Å². The number of aromatic hydroxyl groups is 2. The van der Waals surface area contributed by atoms with Crippen LogP contribution in [0.1, 0.15) is 11.1 Å². The zero-order valence-electron chi connectivity index (χ0n) is 12.1. The van der Waals surface area contributed by atoms with Crippen LogP contribution in [-0.4, -0.2) is 22.7 Å². The van der Waals surface area contributed by atoms with Crippen LogP contribution < -0.4 is 5.32 Å². The van der Waals surface area contributed by atoms with Crippen LogP contribution in [0.4, 0.5) is 0 Å². The van der Waals surface area contributed by atoms with Crippen molar-refractivity contribution in [2.45, 2.75) is 6.42 Å². The van der Waals surface area contributed by atoms with Crippen molar-refractivity contribution >= 4 is 35.2 Å². The molecule has 6 heteroatoms. The Morgan fingerprint density at radius 3 is 2.65 bits per heavy atom. The van der Waals surface area contributed by atoms with Gasteiger partial charge in [0.15, 0.2) is 11.5 Å². The standard InChI is InChI=1S/C17H15Cl2NO3/c18-13-3-1-2-12(17(13)19)5-7-16(23)20-9-8-11-4-6-14(21)15(22)10-11/h1-7,10,21-22H,8-9H2,(H,20,23). The van der Waals surface area contributed by atoms with E-state index in [1.54, 1.807) is 30.3 Å². The third kappa shape index (κ3) is 4.91. The highest BCUT2D eigenvalue weighted by Gasteiger charge is 2.03. The maximum absolute atomic E-state index is 11.8. The molecule has 0 heterocycles. The number of rotatable bonds is 5. The van der Waals surface area contributed by atoms with Crippen LogP contribution in [-0.2, 0) is 11.2 Å². The molecule has 2 rings (SSSR count). The van der Waals surface area contributed by atoms with Gasteiger partial charge in [-0.05, 0) is 41.8 Å². The smallest absolute Gasteiger partial charge is 0.244 e. The van der Waals surface area contributed by atoms with Crippen molar-refractivity contribution in [3.05, 3.63) is 63.6 Å². The normalized spacial score (nSPS) is 10.9. The van der Waals surface area contributed by atoms with Crippen LogP contribution in [0.25, 0.3) is 6.08 Å². The van der Waals surface area contributed by atoms with E-state index in [9.17, 15) is 15.0 Å². The van der Waals surface area contributed by atoms with Gasteiger partial charge in [-0.1, -0.05) is 41.4 Å². The topological polar surface area (TPSA) is 69.6 Å². The Morgan fingerprint density at radius 2 is 1.91 bits per heavy atom. The van der Waals surface area contributed by atoms with Crippen LogP contribution in [0.3, 0.4) is 0 Å². The molecule has 2 aromatic rings. The van der Waals surface area contributed by atoms with Gasteiger partial charge in [0.1, 0.15) is 0 Å². The first kappa shape index (κ1) is 17.2. The quantitative estimate of drug-likeness (QED) is 0.567. The van der Waals surface area contributed by atoms with E-state index in [4.69, 9.17) is 23.2 Å². The summed E-state index contributed by atoms with van der Waals surface area (Å²) in [6.45, 7) is 0.399. The minimum atomic E-state index is -0.260. The fourth-order valence-electron chi connectivity index (χ4n) is 1.93. The molecule has 4 nitrogen and oxygen atoms in total. The molecule has 0 fully saturated rings. The van der Waals surface area contributed by atoms with Gasteiger partial charge in [-0.3, -0.25) is 4.79 Å². The number of carbonyl (C=O) groups is 1. The Bertz CT molecular complexity index is 745. The van der Waals surface area contributed by atoms with Crippen LogP contribution in [0.5, 0.6) is 11.5 Å². The molecule has 0 radical (unpaired) electrons. The van der Waals surface area contributed by atoms with Gasteiger partial charge in [0, 0.05) is 12.6 Å². The van der Waals surface area contributed by atoms with Crippen LogP contribution >= 0.6 is 23.2 Å². The van der Waals surface area contributed by atoms with E-state index >= 15 is 0 Å². The van der Waals surface area contributed by atoms with Crippen molar-refractivity contribution in [1.82, 2.24) is 5.32 Å². The molecule has 0 saturated heterocycles.